The average molecular weight is 2130 g/mol. The molecular formula is C103H133N23O21S3. The molecule has 5 aromatic carbocycles. The molecule has 47 heteroatoms. The second-order valence-corrected chi connectivity index (χ2v) is 40.4. The number of fused-ring (bicyclic) bond motifs is 2. The van der Waals surface area contributed by atoms with E-state index in [2.05, 4.69) is 94.4 Å². The number of hydrogen-bond acceptors (Lipinski definition) is 27. The van der Waals surface area contributed by atoms with Gasteiger partial charge in [-0.1, -0.05) is 109 Å². The van der Waals surface area contributed by atoms with Crippen LogP contribution in [-0.2, 0) is 130 Å². The summed E-state index contributed by atoms with van der Waals surface area (Å²) in [5, 5.41) is 47.3. The van der Waals surface area contributed by atoms with E-state index in [9.17, 15) is 77.0 Å². The van der Waals surface area contributed by atoms with Crippen LogP contribution in [0, 0.1) is 11.8 Å². The SMILES string of the molecule is CSCCC[C@@H](NC(=O)[C@@H](CCSC)NC(=O)[C@@H](C)NC(=O)[C@@H](Cc1c[nH]c2ccccc12)NC(=O)[C@H]1CCCCN1C(=O)[C@@H](Cc1c[nH]cn1)NC(=O)[C@@H](Cc1c[nH]c2ccccc12)NC(=O)[C@H](N)Cc1ccccc1)C(=O)N[C@H](Cc1ccc(O)cc1)C(=O)N[C@H](CCCCN)C(=O)NCC(=O)NCC(=O)NCC(=O)NCC(=O)N[C@H](CSC1CC(=O)N(CC2CCC(C(=O)NC(=O)OCc3ccccc3)CC2)C1=O)C(N)=O. The number of piperidine rings is 1. The highest BCUT2D eigenvalue weighted by Gasteiger charge is 2.44. The Kier molecular flexibility index (Phi) is 45.4. The second-order valence-electron chi connectivity index (χ2n) is 37.2. The van der Waals surface area contributed by atoms with E-state index < -0.39 is 216 Å². The molecule has 3 aliphatic rings. The molecule has 0 spiro atoms. The van der Waals surface area contributed by atoms with Crippen molar-refractivity contribution in [3.63, 3.8) is 0 Å². The Morgan fingerprint density at radius 1 is 0.493 bits per heavy atom. The van der Waals surface area contributed by atoms with Crippen molar-refractivity contribution in [3.8, 4) is 5.75 Å². The Balaban J connectivity index is 0.667. The number of primary amides is 1. The summed E-state index contributed by atoms with van der Waals surface area (Å²) in [7, 11) is 0. The number of aromatic hydroxyl groups is 1. The number of thioether (sulfide) groups is 3. The first-order valence-corrected chi connectivity index (χ1v) is 53.8. The number of rotatable bonds is 57. The first-order chi connectivity index (χ1) is 72.2. The minimum absolute atomic E-state index is 0.00130. The predicted molar refractivity (Wildman–Crippen MR) is 561 cm³/mol. The molecule has 1 unspecified atom stereocenters. The molecule has 12 atom stereocenters. The first kappa shape index (κ1) is 116. The van der Waals surface area contributed by atoms with Crippen molar-refractivity contribution in [3.05, 3.63) is 192 Å². The topological polar surface area (TPSA) is 667 Å². The number of H-pyrrole nitrogens is 3. The number of nitrogens with one attached hydrogen (secondary N) is 17. The number of hydrogen-bond donors (Lipinski definition) is 21. The van der Waals surface area contributed by atoms with Gasteiger partial charge in [0.25, 0.3) is 0 Å². The quantitative estimate of drug-likeness (QED) is 0.0185. The zero-order chi connectivity index (χ0) is 108. The lowest BCUT2D eigenvalue weighted by molar-refractivity contribution is -0.146. The summed E-state index contributed by atoms with van der Waals surface area (Å²) in [6, 6.07) is 23.8. The number of imide groups is 2. The molecule has 19 amide bonds. The number of phenolic OH excluding ortho intramolecular Hbond substituents is 1. The number of carbonyl (C=O) groups is 19. The minimum atomic E-state index is -1.50. The third-order valence-electron chi connectivity index (χ3n) is 26.0. The van der Waals surface area contributed by atoms with E-state index in [-0.39, 0.29) is 114 Å². The van der Waals surface area contributed by atoms with Gasteiger partial charge in [-0.2, -0.15) is 23.5 Å². The molecule has 11 rings (SSSR count). The highest BCUT2D eigenvalue weighted by atomic mass is 32.2. The Hall–Kier alpha value is -14.7. The van der Waals surface area contributed by atoms with E-state index in [1.807, 2.05) is 85.1 Å². The van der Waals surface area contributed by atoms with Crippen LogP contribution in [-0.4, -0.2) is 295 Å². The Morgan fingerprint density at radius 3 is 1.61 bits per heavy atom. The van der Waals surface area contributed by atoms with Crippen LogP contribution in [0.2, 0.25) is 0 Å². The second kappa shape index (κ2) is 58.9. The van der Waals surface area contributed by atoms with Crippen LogP contribution in [0.25, 0.3) is 21.8 Å². The molecule has 44 nitrogen and oxygen atoms in total. The number of ether oxygens (including phenoxy) is 1. The van der Waals surface area contributed by atoms with Crippen molar-refractivity contribution in [2.75, 3.05) is 75.6 Å². The molecule has 2 aliphatic heterocycles. The number of alkyl carbamates (subject to hydrolysis) is 1. The zero-order valence-electron chi connectivity index (χ0n) is 83.7. The standard InChI is InChI=1S/C103H133N23O21S3/c1-60(115-97(140)79(45-66-49-108-73-25-12-10-23-70(66)73)122-100(143)83-29-15-17-40-125(83)101(144)81(47-68-51-107-59-114-68)123-99(142)80(46-67-50-109-74-26-13-11-24-71(67)74)120-93(136)72(105)43-61-19-6-4-7-20-61)91(134)117-77(38-42-149-3)96(139)119-76(28-18-41-148-2)95(138)121-78(44-62-32-36-69(127)37-33-62)98(141)118-75(27-14-16-39-104)94(137)113-54-87(130)111-52-85(128)110-53-86(129)112-55-88(131)116-82(90(106)133)58-150-84-48-89(132)126(102(84)145)56-63-30-34-65(35-31-63)92(135)124-103(146)147-57-64-21-8-5-9-22-64/h4-13,19-26,32-33,36-37,49-51,59-60,63,65,72,75-84,108-109,127H,14-18,27-31,34-35,38-48,52-58,104-105H2,1-3H3,(H2,106,133)(H,107,114)(H,110,128)(H,111,130)(H,112,129)(H,113,137)(H,115,140)(H,116,131)(H,117,134)(H,118,141)(H,119,139)(H,120,136)(H,121,138)(H,122,143)(H,123,142)(H,124,135,146)/t60-,63?,65?,72-,75-,76-,77-,78-,79-,80-,81-,82-,83-,84?/m1/s1. The molecule has 0 bridgehead atoms. The lowest BCUT2D eigenvalue weighted by Gasteiger charge is -2.38. The van der Waals surface area contributed by atoms with Gasteiger partial charge in [0.2, 0.25) is 106 Å². The zero-order valence-corrected chi connectivity index (χ0v) is 86.2. The van der Waals surface area contributed by atoms with Gasteiger partial charge in [0, 0.05) is 97.3 Å². The summed E-state index contributed by atoms with van der Waals surface area (Å²) < 4.78 is 5.17. The number of imidazole rings is 1. The van der Waals surface area contributed by atoms with Crippen molar-refractivity contribution >= 4 is 170 Å². The summed E-state index contributed by atoms with van der Waals surface area (Å²) in [5.74, 6) is -13.9. The van der Waals surface area contributed by atoms with Crippen LogP contribution >= 0.6 is 35.3 Å². The van der Waals surface area contributed by atoms with Gasteiger partial charge in [0.15, 0.2) is 0 Å². The molecular weight excluding hydrogens is 1990 g/mol. The number of amides is 19. The number of para-hydroxylation sites is 2. The van der Waals surface area contributed by atoms with Gasteiger partial charge in [0.1, 0.15) is 72.8 Å². The van der Waals surface area contributed by atoms with Gasteiger partial charge >= 0.3 is 6.09 Å². The fourth-order valence-electron chi connectivity index (χ4n) is 17.7. The van der Waals surface area contributed by atoms with Crippen LogP contribution in [0.5, 0.6) is 5.75 Å². The molecule has 150 heavy (non-hydrogen) atoms. The maximum Gasteiger partial charge on any atom is 0.414 e. The van der Waals surface area contributed by atoms with Crippen molar-refractivity contribution < 1.29 is 101 Å². The summed E-state index contributed by atoms with van der Waals surface area (Å²) in [5.41, 5.74) is 23.1. The third-order valence-corrected chi connectivity index (χ3v) is 28.7. The maximum atomic E-state index is 15.4. The fraction of sp³-hybridized carbons (Fsp3) is 0.456. The van der Waals surface area contributed by atoms with Crippen LogP contribution in [0.15, 0.2) is 158 Å². The molecule has 1 aliphatic carbocycles. The molecule has 8 aromatic rings. The number of benzene rings is 5. The van der Waals surface area contributed by atoms with Gasteiger partial charge in [-0.05, 0) is 185 Å². The van der Waals surface area contributed by atoms with E-state index >= 15 is 19.2 Å². The van der Waals surface area contributed by atoms with Crippen LogP contribution in [0.1, 0.15) is 130 Å². The highest BCUT2D eigenvalue weighted by molar-refractivity contribution is 8.00. The van der Waals surface area contributed by atoms with Crippen molar-refractivity contribution in [1.29, 1.82) is 0 Å². The summed E-state index contributed by atoms with van der Waals surface area (Å²) in [4.78, 5) is 281. The third kappa shape index (κ3) is 35.8. The number of aromatic amines is 3. The van der Waals surface area contributed by atoms with Gasteiger partial charge in [-0.15, -0.1) is 11.8 Å². The minimum Gasteiger partial charge on any atom is -0.508 e. The number of nitrogens with zero attached hydrogens (tertiary/aromatic N) is 3. The molecule has 5 heterocycles. The number of aromatic nitrogens is 4. The number of likely N-dealkylation sites (tertiary alicyclic amines) is 2. The largest absolute Gasteiger partial charge is 0.508 e. The van der Waals surface area contributed by atoms with Gasteiger partial charge in [-0.25, -0.2) is 9.78 Å². The van der Waals surface area contributed by atoms with E-state index in [1.54, 1.807) is 55.2 Å². The summed E-state index contributed by atoms with van der Waals surface area (Å²) >= 11 is 3.74. The van der Waals surface area contributed by atoms with E-state index in [0.29, 0.717) is 90.8 Å². The predicted octanol–water partition coefficient (Wildman–Crippen LogP) is 0.778. The lowest BCUT2D eigenvalue weighted by atomic mass is 9.81. The van der Waals surface area contributed by atoms with E-state index in [4.69, 9.17) is 21.9 Å². The summed E-state index contributed by atoms with van der Waals surface area (Å²) in [6.45, 7) is -1.12. The Labute approximate surface area is 879 Å². The normalized spacial score (nSPS) is 16.9. The monoisotopic (exact) mass is 2120 g/mol. The number of carbonyl (C=O) groups excluding carboxylic acids is 19. The Bertz CT molecular complexity index is 5990. The molecule has 0 radical (unpaired) electrons. The highest BCUT2D eigenvalue weighted by Crippen LogP contribution is 2.34. The first-order valence-electron chi connectivity index (χ1n) is 49.9. The van der Waals surface area contributed by atoms with Gasteiger partial charge in [0.05, 0.1) is 49.5 Å². The average Bonchev–Trinajstić information content (AvgIpc) is 1.34. The molecule has 24 N–H and O–H groups in total. The number of unbranched alkanes of at least 4 members (excludes halogenated alkanes) is 1. The van der Waals surface area contributed by atoms with Crippen LogP contribution in [0.4, 0.5) is 4.79 Å². The number of phenols is 1. The Morgan fingerprint density at radius 2 is 1.01 bits per heavy atom. The van der Waals surface area contributed by atoms with Crippen LogP contribution < -0.4 is 91.6 Å². The molecule has 3 aromatic heterocycles. The summed E-state index contributed by atoms with van der Waals surface area (Å²) in [6.07, 6.45) is 12.4. The smallest absolute Gasteiger partial charge is 0.414 e. The van der Waals surface area contributed by atoms with E-state index in [1.165, 1.54) is 65.9 Å². The number of nitrogens with two attached hydrogens (primary N) is 3. The van der Waals surface area contributed by atoms with Gasteiger partial charge in [-0.3, -0.25) is 96.5 Å². The lowest BCUT2D eigenvalue weighted by Crippen LogP contribution is -2.62. The maximum absolute atomic E-state index is 15.4. The van der Waals surface area contributed by atoms with Crippen molar-refractivity contribution in [1.82, 2.24) is 104 Å². The molecule has 1 saturated carbocycles. The fourth-order valence-corrected chi connectivity index (χ4v) is 19.9. The molecule has 2 saturated heterocycles. The molecule has 3 fully saturated rings. The van der Waals surface area contributed by atoms with Crippen molar-refractivity contribution in [2.24, 2.45) is 29.0 Å². The van der Waals surface area contributed by atoms with Crippen molar-refractivity contribution in [2.45, 2.75) is 207 Å². The van der Waals surface area contributed by atoms with E-state index in [0.717, 1.165) is 44.1 Å². The molecule has 804 valence electrons. The van der Waals surface area contributed by atoms with Gasteiger partial charge < -0.3 is 116 Å². The van der Waals surface area contributed by atoms with Crippen LogP contribution in [0.3, 0.4) is 0 Å².